The molecule has 1 atom stereocenters. The fourth-order valence-corrected chi connectivity index (χ4v) is 2.20. The molecule has 0 aliphatic heterocycles. The normalized spacial score (nSPS) is 11.7. The Labute approximate surface area is 138 Å². The molecule has 5 nitrogen and oxygen atoms in total. The van der Waals surface area contributed by atoms with Gasteiger partial charge in [0.2, 0.25) is 0 Å². The Morgan fingerprint density at radius 3 is 2.78 bits per heavy atom. The van der Waals surface area contributed by atoms with Crippen LogP contribution in [0.25, 0.3) is 0 Å². The van der Waals surface area contributed by atoms with Gasteiger partial charge in [0.1, 0.15) is 11.6 Å². The van der Waals surface area contributed by atoms with E-state index in [4.69, 9.17) is 16.3 Å². The van der Waals surface area contributed by atoms with Crippen LogP contribution in [0.5, 0.6) is 5.75 Å². The largest absolute Gasteiger partial charge is 0.497 e. The molecule has 0 bridgehead atoms. The third kappa shape index (κ3) is 4.58. The molecule has 2 rings (SSSR count). The van der Waals surface area contributed by atoms with E-state index in [1.54, 1.807) is 24.3 Å². The first kappa shape index (κ1) is 17.1. The van der Waals surface area contributed by atoms with Gasteiger partial charge in [-0.2, -0.15) is 0 Å². The maximum atomic E-state index is 13.6. The zero-order chi connectivity index (χ0) is 16.8. The quantitative estimate of drug-likeness (QED) is 0.783. The maximum absolute atomic E-state index is 13.6. The Kier molecular flexibility index (Phi) is 5.78. The summed E-state index contributed by atoms with van der Waals surface area (Å²) in [6, 6.07) is 10.1. The Morgan fingerprint density at radius 1 is 1.35 bits per heavy atom. The summed E-state index contributed by atoms with van der Waals surface area (Å²) in [5.74, 6) is -0.176. The van der Waals surface area contributed by atoms with Crippen LogP contribution in [0.3, 0.4) is 0 Å². The Hall–Kier alpha value is -2.31. The summed E-state index contributed by atoms with van der Waals surface area (Å²) in [7, 11) is 1.44. The minimum atomic E-state index is -0.968. The van der Waals surface area contributed by atoms with Crippen molar-refractivity contribution in [2.75, 3.05) is 19.0 Å². The Balaban J connectivity index is 1.94. The zero-order valence-electron chi connectivity index (χ0n) is 12.3. The number of nitrogens with one attached hydrogen (secondary N) is 2. The van der Waals surface area contributed by atoms with Crippen LogP contribution in [0.15, 0.2) is 42.5 Å². The summed E-state index contributed by atoms with van der Waals surface area (Å²) in [6.07, 6.45) is -0.968. The lowest BCUT2D eigenvalue weighted by Gasteiger charge is -2.14. The van der Waals surface area contributed by atoms with E-state index in [1.807, 2.05) is 0 Å². The monoisotopic (exact) mass is 338 g/mol. The first-order valence-corrected chi connectivity index (χ1v) is 7.20. The van der Waals surface area contributed by atoms with Gasteiger partial charge in [0.05, 0.1) is 18.9 Å². The van der Waals surface area contributed by atoms with E-state index in [2.05, 4.69) is 10.6 Å². The minimum absolute atomic E-state index is 0.0194. The van der Waals surface area contributed by atoms with Gasteiger partial charge in [0.15, 0.2) is 0 Å². The first-order chi connectivity index (χ1) is 11.0. The number of halogens is 2. The SMILES string of the molecule is COc1ccc(F)c(NC(=O)NCC(O)c2ccccc2Cl)c1. The van der Waals surface area contributed by atoms with E-state index >= 15 is 0 Å². The molecule has 0 aliphatic rings. The van der Waals surface area contributed by atoms with Crippen LogP contribution in [-0.4, -0.2) is 24.8 Å². The number of aliphatic hydroxyl groups excluding tert-OH is 1. The maximum Gasteiger partial charge on any atom is 0.319 e. The molecule has 2 aromatic rings. The van der Waals surface area contributed by atoms with E-state index in [9.17, 15) is 14.3 Å². The van der Waals surface area contributed by atoms with Crippen LogP contribution in [0.1, 0.15) is 11.7 Å². The highest BCUT2D eigenvalue weighted by atomic mass is 35.5. The molecule has 23 heavy (non-hydrogen) atoms. The molecular formula is C16H16ClFN2O3. The number of methoxy groups -OCH3 is 1. The average Bonchev–Trinajstić information content (AvgIpc) is 2.55. The van der Waals surface area contributed by atoms with Crippen molar-refractivity contribution < 1.29 is 19.0 Å². The number of urea groups is 1. The highest BCUT2D eigenvalue weighted by Crippen LogP contribution is 2.22. The van der Waals surface area contributed by atoms with Crippen LogP contribution in [-0.2, 0) is 0 Å². The first-order valence-electron chi connectivity index (χ1n) is 6.82. The fourth-order valence-electron chi connectivity index (χ4n) is 1.94. The molecule has 0 saturated heterocycles. The number of amides is 2. The van der Waals surface area contributed by atoms with E-state index in [-0.39, 0.29) is 12.2 Å². The lowest BCUT2D eigenvalue weighted by molar-refractivity contribution is 0.175. The molecule has 0 radical (unpaired) electrons. The molecule has 7 heteroatoms. The summed E-state index contributed by atoms with van der Waals surface area (Å²) in [5, 5.41) is 15.2. The van der Waals surface area contributed by atoms with Gasteiger partial charge in [-0.15, -0.1) is 0 Å². The highest BCUT2D eigenvalue weighted by Gasteiger charge is 2.13. The van der Waals surface area contributed by atoms with Gasteiger partial charge in [-0.3, -0.25) is 0 Å². The van der Waals surface area contributed by atoms with Crippen molar-refractivity contribution in [3.63, 3.8) is 0 Å². The topological polar surface area (TPSA) is 70.6 Å². The number of hydrogen-bond acceptors (Lipinski definition) is 3. The van der Waals surface area contributed by atoms with Crippen LogP contribution >= 0.6 is 11.6 Å². The van der Waals surface area contributed by atoms with E-state index in [1.165, 1.54) is 25.3 Å². The third-order valence-electron chi connectivity index (χ3n) is 3.14. The lowest BCUT2D eigenvalue weighted by atomic mass is 10.1. The van der Waals surface area contributed by atoms with Gasteiger partial charge in [0.25, 0.3) is 0 Å². The van der Waals surface area contributed by atoms with Crippen LogP contribution in [0.4, 0.5) is 14.9 Å². The summed E-state index contributed by atoms with van der Waals surface area (Å²) in [5.41, 5.74) is 0.483. The van der Waals surface area contributed by atoms with Crippen molar-refractivity contribution in [2.24, 2.45) is 0 Å². The molecule has 1 unspecified atom stereocenters. The number of rotatable bonds is 5. The molecule has 122 valence electrons. The van der Waals surface area contributed by atoms with Crippen LogP contribution < -0.4 is 15.4 Å². The number of hydrogen-bond donors (Lipinski definition) is 3. The van der Waals surface area contributed by atoms with Gasteiger partial charge >= 0.3 is 6.03 Å². The van der Waals surface area contributed by atoms with Crippen molar-refractivity contribution in [1.29, 1.82) is 0 Å². The Bertz CT molecular complexity index is 697. The van der Waals surface area contributed by atoms with Crippen molar-refractivity contribution in [2.45, 2.75) is 6.10 Å². The van der Waals surface area contributed by atoms with Gasteiger partial charge in [-0.1, -0.05) is 29.8 Å². The second-order valence-corrected chi connectivity index (χ2v) is 5.13. The molecule has 0 heterocycles. The van der Waals surface area contributed by atoms with Gasteiger partial charge in [0, 0.05) is 23.2 Å². The predicted molar refractivity (Wildman–Crippen MR) is 86.4 cm³/mol. The minimum Gasteiger partial charge on any atom is -0.497 e. The van der Waals surface area contributed by atoms with E-state index in [0.717, 1.165) is 0 Å². The third-order valence-corrected chi connectivity index (χ3v) is 3.49. The number of aliphatic hydroxyl groups is 1. The molecule has 2 amide bonds. The number of ether oxygens (including phenoxy) is 1. The van der Waals surface area contributed by atoms with Crippen molar-refractivity contribution >= 4 is 23.3 Å². The van der Waals surface area contributed by atoms with Crippen LogP contribution in [0.2, 0.25) is 5.02 Å². The summed E-state index contributed by atoms with van der Waals surface area (Å²) >= 11 is 5.97. The van der Waals surface area contributed by atoms with Gasteiger partial charge in [-0.05, 0) is 18.2 Å². The van der Waals surface area contributed by atoms with Crippen molar-refractivity contribution in [3.05, 3.63) is 58.9 Å². The summed E-state index contributed by atoms with van der Waals surface area (Å²) < 4.78 is 18.6. The predicted octanol–water partition coefficient (Wildman–Crippen LogP) is 3.34. The molecule has 2 aromatic carbocycles. The molecule has 0 saturated carbocycles. The molecule has 0 fully saturated rings. The zero-order valence-corrected chi connectivity index (χ0v) is 13.1. The second-order valence-electron chi connectivity index (χ2n) is 4.72. The van der Waals surface area contributed by atoms with Crippen molar-refractivity contribution in [3.8, 4) is 5.75 Å². The second kappa shape index (κ2) is 7.80. The number of carbonyl (C=O) groups excluding carboxylic acids is 1. The molecule has 0 spiro atoms. The molecule has 3 N–H and O–H groups in total. The molecule has 0 aliphatic carbocycles. The Morgan fingerprint density at radius 2 is 2.09 bits per heavy atom. The summed E-state index contributed by atoms with van der Waals surface area (Å²) in [6.45, 7) is -0.0683. The number of benzene rings is 2. The number of carbonyl (C=O) groups is 1. The standard InChI is InChI=1S/C16H16ClFN2O3/c1-23-10-6-7-13(18)14(8-10)20-16(22)19-9-15(21)11-4-2-3-5-12(11)17/h2-8,15,21H,9H2,1H3,(H2,19,20,22). The highest BCUT2D eigenvalue weighted by molar-refractivity contribution is 6.31. The molecular weight excluding hydrogens is 323 g/mol. The van der Waals surface area contributed by atoms with E-state index in [0.29, 0.717) is 16.3 Å². The smallest absolute Gasteiger partial charge is 0.319 e. The van der Waals surface area contributed by atoms with E-state index < -0.39 is 18.0 Å². The van der Waals surface area contributed by atoms with Crippen molar-refractivity contribution in [1.82, 2.24) is 5.32 Å². The van der Waals surface area contributed by atoms with Gasteiger partial charge in [-0.25, -0.2) is 9.18 Å². The van der Waals surface area contributed by atoms with Crippen LogP contribution in [0, 0.1) is 5.82 Å². The lowest BCUT2D eigenvalue weighted by Crippen LogP contribution is -2.32. The molecule has 0 aromatic heterocycles. The fraction of sp³-hybridized carbons (Fsp3) is 0.188. The summed E-state index contributed by atoms with van der Waals surface area (Å²) in [4.78, 5) is 11.8. The number of anilines is 1. The van der Waals surface area contributed by atoms with Gasteiger partial charge < -0.3 is 20.5 Å². The average molecular weight is 339 g/mol.